The molecule has 0 radical (unpaired) electrons. The van der Waals surface area contributed by atoms with Crippen LogP contribution in [0.2, 0.25) is 0 Å². The predicted molar refractivity (Wildman–Crippen MR) is 75.3 cm³/mol. The summed E-state index contributed by atoms with van der Waals surface area (Å²) < 4.78 is 5.03. The average molecular weight is 279 g/mol. The number of carboxylic acids is 1. The molecule has 0 spiro atoms. The monoisotopic (exact) mass is 279 g/mol. The van der Waals surface area contributed by atoms with Crippen LogP contribution in [0.3, 0.4) is 0 Å². The maximum atomic E-state index is 11.4. The zero-order chi connectivity index (χ0) is 14.8. The van der Waals surface area contributed by atoms with Gasteiger partial charge in [0.2, 0.25) is 0 Å². The summed E-state index contributed by atoms with van der Waals surface area (Å²) >= 11 is 0. The first-order valence-corrected chi connectivity index (χ1v) is 6.80. The van der Waals surface area contributed by atoms with E-state index in [1.807, 2.05) is 37.3 Å². The van der Waals surface area contributed by atoms with E-state index >= 15 is 0 Å². The van der Waals surface area contributed by atoms with Crippen molar-refractivity contribution in [3.05, 3.63) is 35.9 Å². The molecule has 0 aliphatic carbocycles. The highest BCUT2D eigenvalue weighted by Gasteiger charge is 2.16. The van der Waals surface area contributed by atoms with Crippen LogP contribution in [0.15, 0.2) is 30.3 Å². The maximum Gasteiger partial charge on any atom is 0.407 e. The van der Waals surface area contributed by atoms with Crippen molar-refractivity contribution >= 4 is 12.1 Å². The van der Waals surface area contributed by atoms with Crippen LogP contribution in [0.1, 0.15) is 31.7 Å². The van der Waals surface area contributed by atoms with E-state index < -0.39 is 18.0 Å². The fourth-order valence-corrected chi connectivity index (χ4v) is 1.86. The molecular formula is C15H21NO4. The Morgan fingerprint density at radius 3 is 2.55 bits per heavy atom. The Morgan fingerprint density at radius 1 is 1.25 bits per heavy atom. The van der Waals surface area contributed by atoms with E-state index in [4.69, 9.17) is 9.84 Å². The Balaban J connectivity index is 2.21. The van der Waals surface area contributed by atoms with Gasteiger partial charge in [-0.2, -0.15) is 0 Å². The van der Waals surface area contributed by atoms with E-state index in [2.05, 4.69) is 5.32 Å². The first-order valence-electron chi connectivity index (χ1n) is 6.80. The molecule has 0 heterocycles. The van der Waals surface area contributed by atoms with Crippen LogP contribution < -0.4 is 5.32 Å². The van der Waals surface area contributed by atoms with Crippen molar-refractivity contribution in [3.63, 3.8) is 0 Å². The molecule has 0 fully saturated rings. The number of benzene rings is 1. The molecule has 20 heavy (non-hydrogen) atoms. The van der Waals surface area contributed by atoms with Crippen LogP contribution in [0.5, 0.6) is 0 Å². The highest BCUT2D eigenvalue weighted by molar-refractivity contribution is 5.70. The highest BCUT2D eigenvalue weighted by atomic mass is 16.5. The summed E-state index contributed by atoms with van der Waals surface area (Å²) in [5.41, 5.74) is 0.914. The summed E-state index contributed by atoms with van der Waals surface area (Å²) in [6.45, 7) is 2.46. The lowest BCUT2D eigenvalue weighted by atomic mass is 10.0. The third-order valence-corrected chi connectivity index (χ3v) is 2.96. The number of rotatable bonds is 8. The minimum atomic E-state index is -0.814. The van der Waals surface area contributed by atoms with Gasteiger partial charge >= 0.3 is 12.1 Å². The molecule has 0 saturated heterocycles. The van der Waals surface area contributed by atoms with Crippen molar-refractivity contribution in [1.29, 1.82) is 0 Å². The summed E-state index contributed by atoms with van der Waals surface area (Å²) in [5, 5.41) is 11.5. The van der Waals surface area contributed by atoms with Crippen LogP contribution in [0.25, 0.3) is 0 Å². The largest absolute Gasteiger partial charge is 0.481 e. The molecular weight excluding hydrogens is 258 g/mol. The standard InChI is InChI=1S/C15H21NO4/c1-2-6-13(14(17)18)9-10-16-15(19)20-11-12-7-4-3-5-8-12/h3-5,7-8,13H,2,6,9-11H2,1H3,(H,16,19)(H,17,18). The van der Waals surface area contributed by atoms with E-state index in [0.717, 1.165) is 12.0 Å². The summed E-state index contributed by atoms with van der Waals surface area (Å²) in [4.78, 5) is 22.4. The zero-order valence-corrected chi connectivity index (χ0v) is 11.7. The molecule has 5 heteroatoms. The number of carbonyl (C=O) groups excluding carboxylic acids is 1. The molecule has 1 amide bonds. The van der Waals surface area contributed by atoms with Gasteiger partial charge in [-0.05, 0) is 18.4 Å². The Bertz CT molecular complexity index is 419. The third kappa shape index (κ3) is 6.22. The van der Waals surface area contributed by atoms with Gasteiger partial charge < -0.3 is 15.2 Å². The second kappa shape index (κ2) is 8.96. The molecule has 1 atom stereocenters. The summed E-state index contributed by atoms with van der Waals surface area (Å²) in [5.74, 6) is -1.22. The van der Waals surface area contributed by atoms with Crippen molar-refractivity contribution in [3.8, 4) is 0 Å². The number of carboxylic acid groups (broad SMARTS) is 1. The molecule has 1 rings (SSSR count). The first kappa shape index (κ1) is 16.0. The van der Waals surface area contributed by atoms with Gasteiger partial charge in [-0.25, -0.2) is 4.79 Å². The third-order valence-electron chi connectivity index (χ3n) is 2.96. The first-order chi connectivity index (χ1) is 9.63. The molecule has 1 unspecified atom stereocenters. The van der Waals surface area contributed by atoms with Gasteiger partial charge in [0.1, 0.15) is 6.61 Å². The van der Waals surface area contributed by atoms with Crippen LogP contribution in [-0.2, 0) is 16.1 Å². The minimum absolute atomic E-state index is 0.212. The lowest BCUT2D eigenvalue weighted by Crippen LogP contribution is -2.28. The summed E-state index contributed by atoms with van der Waals surface area (Å²) in [7, 11) is 0. The van der Waals surface area contributed by atoms with Gasteiger partial charge in [-0.1, -0.05) is 43.7 Å². The van der Waals surface area contributed by atoms with E-state index in [1.165, 1.54) is 0 Å². The van der Waals surface area contributed by atoms with Crippen molar-refractivity contribution in [2.45, 2.75) is 32.8 Å². The van der Waals surface area contributed by atoms with Gasteiger partial charge in [0.15, 0.2) is 0 Å². The Morgan fingerprint density at radius 2 is 1.95 bits per heavy atom. The SMILES string of the molecule is CCCC(CCNC(=O)OCc1ccccc1)C(=O)O. The van der Waals surface area contributed by atoms with Gasteiger partial charge in [-0.15, -0.1) is 0 Å². The Hall–Kier alpha value is -2.04. The molecule has 0 saturated carbocycles. The number of hydrogen-bond acceptors (Lipinski definition) is 3. The number of hydrogen-bond donors (Lipinski definition) is 2. The number of carbonyl (C=O) groups is 2. The smallest absolute Gasteiger partial charge is 0.407 e. The number of ether oxygens (including phenoxy) is 1. The quantitative estimate of drug-likeness (QED) is 0.767. The molecule has 0 bridgehead atoms. The van der Waals surface area contributed by atoms with Gasteiger partial charge in [0.25, 0.3) is 0 Å². The lowest BCUT2D eigenvalue weighted by Gasteiger charge is -2.11. The fraction of sp³-hybridized carbons (Fsp3) is 0.467. The highest BCUT2D eigenvalue weighted by Crippen LogP contribution is 2.10. The average Bonchev–Trinajstić information content (AvgIpc) is 2.45. The second-order valence-corrected chi connectivity index (χ2v) is 4.60. The van der Waals surface area contributed by atoms with Crippen LogP contribution >= 0.6 is 0 Å². The molecule has 5 nitrogen and oxygen atoms in total. The lowest BCUT2D eigenvalue weighted by molar-refractivity contribution is -0.142. The normalized spacial score (nSPS) is 11.7. The maximum absolute atomic E-state index is 11.4. The van der Waals surface area contributed by atoms with Crippen molar-refractivity contribution in [2.75, 3.05) is 6.54 Å². The molecule has 1 aromatic rings. The zero-order valence-electron chi connectivity index (χ0n) is 11.7. The summed E-state index contributed by atoms with van der Waals surface area (Å²) in [6, 6.07) is 9.38. The number of alkyl carbamates (subject to hydrolysis) is 1. The fourth-order valence-electron chi connectivity index (χ4n) is 1.86. The summed E-state index contributed by atoms with van der Waals surface area (Å²) in [6.07, 6.45) is 1.34. The predicted octanol–water partition coefficient (Wildman–Crippen LogP) is 2.80. The number of aliphatic carboxylic acids is 1. The van der Waals surface area contributed by atoms with Crippen molar-refractivity contribution in [2.24, 2.45) is 5.92 Å². The van der Waals surface area contributed by atoms with Crippen LogP contribution in [-0.4, -0.2) is 23.7 Å². The molecule has 0 aliphatic rings. The van der Waals surface area contributed by atoms with Crippen molar-refractivity contribution < 1.29 is 19.4 Å². The van der Waals surface area contributed by atoms with E-state index in [0.29, 0.717) is 19.4 Å². The van der Waals surface area contributed by atoms with Crippen LogP contribution in [0.4, 0.5) is 4.79 Å². The van der Waals surface area contributed by atoms with Gasteiger partial charge in [0, 0.05) is 6.54 Å². The Labute approximate surface area is 118 Å². The molecule has 0 aromatic heterocycles. The molecule has 110 valence electrons. The topological polar surface area (TPSA) is 75.6 Å². The number of amides is 1. The molecule has 2 N–H and O–H groups in total. The van der Waals surface area contributed by atoms with Gasteiger partial charge in [0.05, 0.1) is 5.92 Å². The number of nitrogens with one attached hydrogen (secondary N) is 1. The van der Waals surface area contributed by atoms with E-state index in [-0.39, 0.29) is 6.61 Å². The van der Waals surface area contributed by atoms with Crippen molar-refractivity contribution in [1.82, 2.24) is 5.32 Å². The van der Waals surface area contributed by atoms with E-state index in [1.54, 1.807) is 0 Å². The Kier molecular flexibility index (Phi) is 7.17. The second-order valence-electron chi connectivity index (χ2n) is 4.60. The van der Waals surface area contributed by atoms with E-state index in [9.17, 15) is 9.59 Å². The molecule has 0 aliphatic heterocycles. The molecule has 1 aromatic carbocycles. The van der Waals surface area contributed by atoms with Gasteiger partial charge in [-0.3, -0.25) is 4.79 Å². The van der Waals surface area contributed by atoms with Crippen LogP contribution in [0, 0.1) is 5.92 Å². The minimum Gasteiger partial charge on any atom is -0.481 e.